The quantitative estimate of drug-likeness (QED) is 0.0320. The van der Waals surface area contributed by atoms with Crippen LogP contribution in [0.1, 0.15) is 361 Å². The van der Waals surface area contributed by atoms with Crippen LogP contribution in [-0.2, 0) is 14.3 Å². The molecule has 1 amide bonds. The van der Waals surface area contributed by atoms with Crippen molar-refractivity contribution in [2.45, 2.75) is 373 Å². The van der Waals surface area contributed by atoms with Crippen LogP contribution in [0.5, 0.6) is 0 Å². The van der Waals surface area contributed by atoms with Crippen LogP contribution in [0.4, 0.5) is 0 Å². The van der Waals surface area contributed by atoms with Crippen LogP contribution in [0.25, 0.3) is 0 Å². The number of rotatable bonds is 61. The largest absolute Gasteiger partial charge is 0.466 e. The highest BCUT2D eigenvalue weighted by atomic mass is 16.5. The zero-order valence-electron chi connectivity index (χ0n) is 48.7. The summed E-state index contributed by atoms with van der Waals surface area (Å²) in [5, 5.41) is 23.4. The van der Waals surface area contributed by atoms with Crippen molar-refractivity contribution in [2.75, 3.05) is 13.2 Å². The molecular formula is C66H127NO5. The number of allylic oxidation sites excluding steroid dienone is 4. The zero-order valence-corrected chi connectivity index (χ0v) is 48.7. The van der Waals surface area contributed by atoms with Gasteiger partial charge in [0, 0.05) is 12.8 Å². The molecule has 0 radical (unpaired) electrons. The van der Waals surface area contributed by atoms with Gasteiger partial charge in [-0.3, -0.25) is 9.59 Å². The second-order valence-electron chi connectivity index (χ2n) is 22.4. The van der Waals surface area contributed by atoms with E-state index in [1.807, 2.05) is 0 Å². The number of aliphatic hydroxyl groups excluding tert-OH is 2. The van der Waals surface area contributed by atoms with Crippen molar-refractivity contribution in [1.82, 2.24) is 5.32 Å². The Bertz CT molecular complexity index is 1120. The average Bonchev–Trinajstić information content (AvgIpc) is 3.38. The number of unbranched alkanes of at least 4 members (excludes halogenated alkanes) is 46. The molecule has 72 heavy (non-hydrogen) atoms. The SMILES string of the molecule is CCCC/C=C\CCCCCCCC(=O)OCCCCCCCCCCCCCC/C=C\CCCCCCCCCCC(=O)NC(CO)C(O)CCCCCCCCCCCCCCCCCCCCCC. The zero-order chi connectivity index (χ0) is 52.2. The Hall–Kier alpha value is -1.66. The molecule has 0 aliphatic carbocycles. The fourth-order valence-electron chi connectivity index (χ4n) is 10.2. The number of esters is 1. The van der Waals surface area contributed by atoms with Gasteiger partial charge in [0.15, 0.2) is 0 Å². The molecule has 2 unspecified atom stereocenters. The molecule has 0 aromatic rings. The first-order chi connectivity index (χ1) is 35.5. The maximum absolute atomic E-state index is 12.5. The summed E-state index contributed by atoms with van der Waals surface area (Å²) in [5.74, 6) is -0.0342. The summed E-state index contributed by atoms with van der Waals surface area (Å²) in [4.78, 5) is 24.5. The number of hydrogen-bond acceptors (Lipinski definition) is 5. The van der Waals surface area contributed by atoms with E-state index in [9.17, 15) is 19.8 Å². The smallest absolute Gasteiger partial charge is 0.305 e. The van der Waals surface area contributed by atoms with E-state index in [0.717, 1.165) is 44.9 Å². The molecule has 0 rings (SSSR count). The van der Waals surface area contributed by atoms with Crippen LogP contribution in [0.3, 0.4) is 0 Å². The fourth-order valence-corrected chi connectivity index (χ4v) is 10.2. The third-order valence-corrected chi connectivity index (χ3v) is 15.2. The Kier molecular flexibility index (Phi) is 60.5. The Morgan fingerprint density at radius 3 is 1.03 bits per heavy atom. The summed E-state index contributed by atoms with van der Waals surface area (Å²) in [6, 6.07) is -0.545. The Balaban J connectivity index is 3.41. The van der Waals surface area contributed by atoms with E-state index in [4.69, 9.17) is 4.74 Å². The maximum atomic E-state index is 12.5. The van der Waals surface area contributed by atoms with Gasteiger partial charge < -0.3 is 20.3 Å². The molecule has 0 spiro atoms. The van der Waals surface area contributed by atoms with Gasteiger partial charge in [0.05, 0.1) is 25.4 Å². The molecule has 0 aromatic carbocycles. The highest BCUT2D eigenvalue weighted by molar-refractivity contribution is 5.76. The number of carbonyl (C=O) groups is 2. The number of nitrogens with one attached hydrogen (secondary N) is 1. The van der Waals surface area contributed by atoms with E-state index in [2.05, 4.69) is 43.5 Å². The van der Waals surface area contributed by atoms with Gasteiger partial charge in [-0.2, -0.15) is 0 Å². The molecule has 6 nitrogen and oxygen atoms in total. The van der Waals surface area contributed by atoms with Crippen molar-refractivity contribution in [1.29, 1.82) is 0 Å². The first-order valence-corrected chi connectivity index (χ1v) is 32.6. The summed E-state index contributed by atoms with van der Waals surface area (Å²) in [6.07, 6.45) is 76.3. The van der Waals surface area contributed by atoms with Crippen LogP contribution in [0.2, 0.25) is 0 Å². The minimum Gasteiger partial charge on any atom is -0.466 e. The van der Waals surface area contributed by atoms with E-state index in [1.165, 1.54) is 283 Å². The van der Waals surface area contributed by atoms with Crippen molar-refractivity contribution in [2.24, 2.45) is 0 Å². The molecule has 0 aliphatic heterocycles. The summed E-state index contributed by atoms with van der Waals surface area (Å²) in [7, 11) is 0. The predicted octanol–water partition coefficient (Wildman–Crippen LogP) is 20.6. The van der Waals surface area contributed by atoms with Crippen molar-refractivity contribution in [3.05, 3.63) is 24.3 Å². The van der Waals surface area contributed by atoms with Gasteiger partial charge in [0.1, 0.15) is 0 Å². The molecule has 6 heteroatoms. The van der Waals surface area contributed by atoms with Gasteiger partial charge in [0.2, 0.25) is 5.91 Å². The minimum atomic E-state index is -0.668. The topological polar surface area (TPSA) is 95.9 Å². The van der Waals surface area contributed by atoms with Gasteiger partial charge in [0.25, 0.3) is 0 Å². The van der Waals surface area contributed by atoms with Gasteiger partial charge in [-0.05, 0) is 70.6 Å². The van der Waals surface area contributed by atoms with Crippen molar-refractivity contribution >= 4 is 11.9 Å². The van der Waals surface area contributed by atoms with Crippen molar-refractivity contribution in [3.8, 4) is 0 Å². The average molecular weight is 1010 g/mol. The number of amides is 1. The molecule has 0 bridgehead atoms. The van der Waals surface area contributed by atoms with E-state index in [0.29, 0.717) is 25.9 Å². The summed E-state index contributed by atoms with van der Waals surface area (Å²) in [5.41, 5.74) is 0. The van der Waals surface area contributed by atoms with Crippen LogP contribution in [-0.4, -0.2) is 47.4 Å². The molecule has 0 aromatic heterocycles. The van der Waals surface area contributed by atoms with Crippen LogP contribution in [0.15, 0.2) is 24.3 Å². The van der Waals surface area contributed by atoms with Gasteiger partial charge in [-0.15, -0.1) is 0 Å². The van der Waals surface area contributed by atoms with Crippen molar-refractivity contribution < 1.29 is 24.5 Å². The molecular weight excluding hydrogens is 887 g/mol. The lowest BCUT2D eigenvalue weighted by molar-refractivity contribution is -0.143. The number of hydrogen-bond donors (Lipinski definition) is 3. The first-order valence-electron chi connectivity index (χ1n) is 32.6. The van der Waals surface area contributed by atoms with E-state index in [-0.39, 0.29) is 18.5 Å². The molecule has 0 fully saturated rings. The van der Waals surface area contributed by atoms with Gasteiger partial charge in [-0.1, -0.05) is 301 Å². The number of aliphatic hydroxyl groups is 2. The van der Waals surface area contributed by atoms with E-state index < -0.39 is 12.1 Å². The van der Waals surface area contributed by atoms with E-state index >= 15 is 0 Å². The molecule has 0 saturated heterocycles. The second kappa shape index (κ2) is 61.9. The molecule has 3 N–H and O–H groups in total. The normalized spacial score (nSPS) is 12.7. The fraction of sp³-hybridized carbons (Fsp3) is 0.909. The standard InChI is InChI=1S/C66H127NO5/c1-3-5-7-9-11-13-15-16-17-18-19-26-29-32-35-39-42-46-50-54-58-64(69)63(62-68)67-65(70)59-55-51-47-43-40-36-33-30-27-24-22-20-21-23-25-28-31-34-37-41-45-49-53-57-61-72-66(71)60-56-52-48-44-38-14-12-10-8-6-4-2/h10,12,22,24,63-64,68-69H,3-9,11,13-21,23,25-62H2,1-2H3,(H,67,70)/b12-10-,24-22-. The van der Waals surface area contributed by atoms with Crippen LogP contribution < -0.4 is 5.32 Å². The highest BCUT2D eigenvalue weighted by Crippen LogP contribution is 2.18. The van der Waals surface area contributed by atoms with Crippen LogP contribution >= 0.6 is 0 Å². The summed E-state index contributed by atoms with van der Waals surface area (Å²) >= 11 is 0. The number of carbonyl (C=O) groups excluding carboxylic acids is 2. The molecule has 0 aliphatic rings. The van der Waals surface area contributed by atoms with Gasteiger partial charge >= 0.3 is 5.97 Å². The lowest BCUT2D eigenvalue weighted by Gasteiger charge is -2.22. The van der Waals surface area contributed by atoms with Crippen LogP contribution in [0, 0.1) is 0 Å². The maximum Gasteiger partial charge on any atom is 0.305 e. The molecule has 426 valence electrons. The predicted molar refractivity (Wildman–Crippen MR) is 315 cm³/mol. The molecule has 0 saturated carbocycles. The van der Waals surface area contributed by atoms with Gasteiger partial charge in [-0.25, -0.2) is 0 Å². The first kappa shape index (κ1) is 70.3. The minimum absolute atomic E-state index is 0.00190. The monoisotopic (exact) mass is 1010 g/mol. The second-order valence-corrected chi connectivity index (χ2v) is 22.4. The molecule has 0 heterocycles. The van der Waals surface area contributed by atoms with E-state index in [1.54, 1.807) is 0 Å². The Morgan fingerprint density at radius 2 is 0.667 bits per heavy atom. The lowest BCUT2D eigenvalue weighted by atomic mass is 10.0. The Morgan fingerprint density at radius 1 is 0.375 bits per heavy atom. The van der Waals surface area contributed by atoms with Crippen molar-refractivity contribution in [3.63, 3.8) is 0 Å². The number of ether oxygens (including phenoxy) is 1. The summed E-state index contributed by atoms with van der Waals surface area (Å²) in [6.45, 7) is 4.94. The summed E-state index contributed by atoms with van der Waals surface area (Å²) < 4.78 is 5.46. The third-order valence-electron chi connectivity index (χ3n) is 15.2. The lowest BCUT2D eigenvalue weighted by Crippen LogP contribution is -2.45. The molecule has 2 atom stereocenters. The third kappa shape index (κ3) is 57.6. The highest BCUT2D eigenvalue weighted by Gasteiger charge is 2.20. The Labute approximate surface area is 450 Å².